The summed E-state index contributed by atoms with van der Waals surface area (Å²) in [5, 5.41) is 3.22. The molecule has 1 unspecified atom stereocenters. The van der Waals surface area contributed by atoms with Crippen molar-refractivity contribution in [3.8, 4) is 0 Å². The van der Waals surface area contributed by atoms with Gasteiger partial charge in [0.05, 0.1) is 0 Å². The number of rotatable bonds is 8. The Morgan fingerprint density at radius 1 is 1.11 bits per heavy atom. The molecular formula is C22H33N3O3. The van der Waals surface area contributed by atoms with E-state index in [1.54, 1.807) is 7.11 Å². The molecular weight excluding hydrogens is 354 g/mol. The molecule has 2 saturated heterocycles. The van der Waals surface area contributed by atoms with Crippen LogP contribution in [-0.4, -0.2) is 67.6 Å². The number of benzene rings is 1. The second-order valence-electron chi connectivity index (χ2n) is 8.07. The smallest absolute Gasteiger partial charge is 0.248 e. The second kappa shape index (κ2) is 10.6. The Morgan fingerprint density at radius 2 is 1.86 bits per heavy atom. The number of nitrogens with one attached hydrogen (secondary N) is 1. The molecule has 2 heterocycles. The summed E-state index contributed by atoms with van der Waals surface area (Å²) in [6.07, 6.45) is 4.50. The third kappa shape index (κ3) is 6.31. The van der Waals surface area contributed by atoms with Crippen LogP contribution in [0.5, 0.6) is 0 Å². The predicted octanol–water partition coefficient (Wildman–Crippen LogP) is 2.04. The first kappa shape index (κ1) is 20.8. The average Bonchev–Trinajstić information content (AvgIpc) is 3.14. The van der Waals surface area contributed by atoms with Crippen LogP contribution >= 0.6 is 0 Å². The molecule has 0 radical (unpaired) electrons. The van der Waals surface area contributed by atoms with Gasteiger partial charge in [0.1, 0.15) is 6.61 Å². The highest BCUT2D eigenvalue weighted by molar-refractivity contribution is 5.77. The highest BCUT2D eigenvalue weighted by atomic mass is 16.5. The maximum atomic E-state index is 12.4. The molecule has 2 aliphatic heterocycles. The number of methoxy groups -OCH3 is 1. The van der Waals surface area contributed by atoms with Crippen LogP contribution in [0.3, 0.4) is 0 Å². The highest BCUT2D eigenvalue weighted by Crippen LogP contribution is 2.22. The van der Waals surface area contributed by atoms with Gasteiger partial charge in [-0.2, -0.15) is 0 Å². The van der Waals surface area contributed by atoms with Crippen molar-refractivity contribution in [2.45, 2.75) is 44.7 Å². The number of carbonyl (C=O) groups excluding carboxylic acids is 2. The Kier molecular flexibility index (Phi) is 7.86. The number of hydrogen-bond donors (Lipinski definition) is 1. The van der Waals surface area contributed by atoms with E-state index in [0.29, 0.717) is 12.3 Å². The van der Waals surface area contributed by atoms with Crippen LogP contribution in [0.25, 0.3) is 0 Å². The zero-order valence-electron chi connectivity index (χ0n) is 16.9. The molecule has 3 rings (SSSR count). The fraction of sp³-hybridized carbons (Fsp3) is 0.636. The first-order valence-corrected chi connectivity index (χ1v) is 10.5. The summed E-state index contributed by atoms with van der Waals surface area (Å²) in [4.78, 5) is 28.5. The lowest BCUT2D eigenvalue weighted by Crippen LogP contribution is -2.41. The van der Waals surface area contributed by atoms with E-state index in [9.17, 15) is 9.59 Å². The fourth-order valence-corrected chi connectivity index (χ4v) is 4.26. The first-order valence-electron chi connectivity index (χ1n) is 10.5. The van der Waals surface area contributed by atoms with E-state index in [-0.39, 0.29) is 24.5 Å². The Balaban J connectivity index is 1.30. The van der Waals surface area contributed by atoms with Gasteiger partial charge in [0.25, 0.3) is 0 Å². The molecule has 0 saturated carbocycles. The molecule has 2 amide bonds. The zero-order valence-corrected chi connectivity index (χ0v) is 16.9. The number of nitrogens with zero attached hydrogens (tertiary/aromatic N) is 2. The molecule has 6 heteroatoms. The van der Waals surface area contributed by atoms with E-state index in [1.165, 1.54) is 5.56 Å². The lowest BCUT2D eigenvalue weighted by Gasteiger charge is -2.31. The summed E-state index contributed by atoms with van der Waals surface area (Å²) in [7, 11) is 1.55. The SMILES string of the molecule is COCC(=O)N1CCC(CCC(=O)NC2CCN(Cc3ccccc3)C2)CC1. The van der Waals surface area contributed by atoms with Gasteiger partial charge in [-0.15, -0.1) is 0 Å². The Labute approximate surface area is 168 Å². The number of hydrogen-bond acceptors (Lipinski definition) is 4. The minimum atomic E-state index is 0.0694. The molecule has 6 nitrogen and oxygen atoms in total. The van der Waals surface area contributed by atoms with Crippen LogP contribution < -0.4 is 5.32 Å². The molecule has 1 aromatic carbocycles. The van der Waals surface area contributed by atoms with Gasteiger partial charge in [-0.1, -0.05) is 30.3 Å². The summed E-state index contributed by atoms with van der Waals surface area (Å²) in [5.74, 6) is 0.778. The van der Waals surface area contributed by atoms with Crippen molar-refractivity contribution in [1.82, 2.24) is 15.1 Å². The molecule has 0 spiro atoms. The lowest BCUT2D eigenvalue weighted by molar-refractivity contribution is -0.136. The van der Waals surface area contributed by atoms with Crippen molar-refractivity contribution in [2.24, 2.45) is 5.92 Å². The van der Waals surface area contributed by atoms with Gasteiger partial charge in [-0.3, -0.25) is 14.5 Å². The minimum Gasteiger partial charge on any atom is -0.375 e. The fourth-order valence-electron chi connectivity index (χ4n) is 4.26. The first-order chi connectivity index (χ1) is 13.6. The summed E-state index contributed by atoms with van der Waals surface area (Å²) in [6.45, 7) is 4.65. The van der Waals surface area contributed by atoms with E-state index < -0.39 is 0 Å². The molecule has 1 aromatic rings. The van der Waals surface area contributed by atoms with Gasteiger partial charge in [0.15, 0.2) is 0 Å². The van der Waals surface area contributed by atoms with Crippen LogP contribution in [0.2, 0.25) is 0 Å². The van der Waals surface area contributed by atoms with Gasteiger partial charge in [0, 0.05) is 52.3 Å². The molecule has 28 heavy (non-hydrogen) atoms. The van der Waals surface area contributed by atoms with Gasteiger partial charge < -0.3 is 15.0 Å². The van der Waals surface area contributed by atoms with E-state index in [4.69, 9.17) is 4.74 Å². The van der Waals surface area contributed by atoms with Gasteiger partial charge in [0.2, 0.25) is 11.8 Å². The molecule has 2 aliphatic rings. The van der Waals surface area contributed by atoms with E-state index in [1.807, 2.05) is 11.0 Å². The summed E-state index contributed by atoms with van der Waals surface area (Å²) < 4.78 is 4.92. The standard InChI is InChI=1S/C22H33N3O3/c1-28-17-22(27)25-13-9-18(10-14-25)7-8-21(26)23-20-11-12-24(16-20)15-19-5-3-2-4-6-19/h2-6,18,20H,7-17H2,1H3,(H,23,26). The maximum Gasteiger partial charge on any atom is 0.248 e. The zero-order chi connectivity index (χ0) is 19.8. The Bertz CT molecular complexity index is 629. The maximum absolute atomic E-state index is 12.4. The molecule has 0 aliphatic carbocycles. The summed E-state index contributed by atoms with van der Waals surface area (Å²) >= 11 is 0. The molecule has 1 N–H and O–H groups in total. The largest absolute Gasteiger partial charge is 0.375 e. The Hall–Kier alpha value is -1.92. The number of ether oxygens (including phenoxy) is 1. The quantitative estimate of drug-likeness (QED) is 0.742. The van der Waals surface area contributed by atoms with Crippen LogP contribution in [-0.2, 0) is 20.9 Å². The van der Waals surface area contributed by atoms with E-state index in [2.05, 4.69) is 34.5 Å². The third-order valence-corrected chi connectivity index (χ3v) is 5.90. The van der Waals surface area contributed by atoms with Crippen LogP contribution in [0, 0.1) is 5.92 Å². The molecule has 0 bridgehead atoms. The van der Waals surface area contributed by atoms with Crippen molar-refractivity contribution >= 4 is 11.8 Å². The van der Waals surface area contributed by atoms with Crippen LogP contribution in [0.1, 0.15) is 37.7 Å². The van der Waals surface area contributed by atoms with Crippen molar-refractivity contribution < 1.29 is 14.3 Å². The van der Waals surface area contributed by atoms with E-state index >= 15 is 0 Å². The number of carbonyl (C=O) groups is 2. The monoisotopic (exact) mass is 387 g/mol. The number of likely N-dealkylation sites (tertiary alicyclic amines) is 2. The van der Waals surface area contributed by atoms with Crippen molar-refractivity contribution in [3.05, 3.63) is 35.9 Å². The van der Waals surface area contributed by atoms with Crippen LogP contribution in [0.4, 0.5) is 0 Å². The second-order valence-corrected chi connectivity index (χ2v) is 8.07. The normalized spacial score (nSPS) is 21.0. The minimum absolute atomic E-state index is 0.0694. The predicted molar refractivity (Wildman–Crippen MR) is 109 cm³/mol. The van der Waals surface area contributed by atoms with Crippen LogP contribution in [0.15, 0.2) is 30.3 Å². The van der Waals surface area contributed by atoms with Gasteiger partial charge in [-0.05, 0) is 37.2 Å². The third-order valence-electron chi connectivity index (χ3n) is 5.90. The molecule has 0 aromatic heterocycles. The van der Waals surface area contributed by atoms with Crippen molar-refractivity contribution in [1.29, 1.82) is 0 Å². The molecule has 1 atom stereocenters. The lowest BCUT2D eigenvalue weighted by atomic mass is 9.92. The summed E-state index contributed by atoms with van der Waals surface area (Å²) in [6, 6.07) is 10.8. The van der Waals surface area contributed by atoms with Gasteiger partial charge in [-0.25, -0.2) is 0 Å². The average molecular weight is 388 g/mol. The molecule has 2 fully saturated rings. The Morgan fingerprint density at radius 3 is 2.57 bits per heavy atom. The number of amides is 2. The topological polar surface area (TPSA) is 61.9 Å². The summed E-state index contributed by atoms with van der Waals surface area (Å²) in [5.41, 5.74) is 1.32. The van der Waals surface area contributed by atoms with E-state index in [0.717, 1.165) is 58.4 Å². The molecule has 154 valence electrons. The highest BCUT2D eigenvalue weighted by Gasteiger charge is 2.25. The van der Waals surface area contributed by atoms with Crippen molar-refractivity contribution in [3.63, 3.8) is 0 Å². The van der Waals surface area contributed by atoms with Crippen molar-refractivity contribution in [2.75, 3.05) is 39.9 Å². The van der Waals surface area contributed by atoms with Gasteiger partial charge >= 0.3 is 0 Å². The number of piperidine rings is 1.